The smallest absolute Gasteiger partial charge is 0.308 e. The van der Waals surface area contributed by atoms with Gasteiger partial charge in [-0.1, -0.05) is 6.92 Å². The van der Waals surface area contributed by atoms with Crippen LogP contribution in [0.3, 0.4) is 0 Å². The molecule has 2 rings (SSSR count). The van der Waals surface area contributed by atoms with Gasteiger partial charge in [0.15, 0.2) is 0 Å². The average Bonchev–Trinajstić information content (AvgIpc) is 2.27. The maximum atomic E-state index is 12.0. The number of nitrogens with zero attached hydrogens (tertiary/aromatic N) is 1. The van der Waals surface area contributed by atoms with Gasteiger partial charge in [0.2, 0.25) is 5.91 Å². The Hall–Kier alpha value is -1.84. The van der Waals surface area contributed by atoms with Crippen molar-refractivity contribution < 1.29 is 14.3 Å². The zero-order chi connectivity index (χ0) is 15.1. The highest BCUT2D eigenvalue weighted by atomic mass is 16.5. The second kappa shape index (κ2) is 4.93. The van der Waals surface area contributed by atoms with Crippen LogP contribution in [0.4, 0.5) is 5.69 Å². The standard InChI is InChI=1S/C16H21NO3/c1-10-9-16(4,5)17(11(2)18)15-7-6-13(8-14(10)15)20-12(3)19/h6-8,10H,9H2,1-5H3. The summed E-state index contributed by atoms with van der Waals surface area (Å²) < 4.78 is 5.13. The normalized spacial score (nSPS) is 20.2. The van der Waals surface area contributed by atoms with Crippen molar-refractivity contribution in [2.24, 2.45) is 0 Å². The number of ether oxygens (including phenoxy) is 1. The Morgan fingerprint density at radius 1 is 1.30 bits per heavy atom. The Morgan fingerprint density at radius 3 is 2.50 bits per heavy atom. The van der Waals surface area contributed by atoms with Crippen LogP contribution in [-0.2, 0) is 9.59 Å². The molecule has 1 aromatic rings. The van der Waals surface area contributed by atoms with E-state index in [9.17, 15) is 9.59 Å². The number of carbonyl (C=O) groups excluding carboxylic acids is 2. The summed E-state index contributed by atoms with van der Waals surface area (Å²) in [5, 5.41) is 0. The van der Waals surface area contributed by atoms with Crippen LogP contribution in [0.1, 0.15) is 52.5 Å². The van der Waals surface area contributed by atoms with Gasteiger partial charge >= 0.3 is 5.97 Å². The molecule has 1 unspecified atom stereocenters. The van der Waals surface area contributed by atoms with Crippen molar-refractivity contribution in [1.82, 2.24) is 0 Å². The summed E-state index contributed by atoms with van der Waals surface area (Å²) in [6.45, 7) is 9.26. The molecule has 108 valence electrons. The predicted octanol–water partition coefficient (Wildman–Crippen LogP) is 3.25. The molecule has 1 aliphatic rings. The third kappa shape index (κ3) is 2.55. The molecular weight excluding hydrogens is 254 g/mol. The summed E-state index contributed by atoms with van der Waals surface area (Å²) in [5.41, 5.74) is 1.76. The SMILES string of the molecule is CC(=O)Oc1ccc2c(c1)C(C)CC(C)(C)N2C(C)=O. The van der Waals surface area contributed by atoms with Gasteiger partial charge < -0.3 is 9.64 Å². The number of hydrogen-bond acceptors (Lipinski definition) is 3. The van der Waals surface area contributed by atoms with Crippen molar-refractivity contribution in [2.45, 2.75) is 52.5 Å². The summed E-state index contributed by atoms with van der Waals surface area (Å²) >= 11 is 0. The molecule has 1 aliphatic heterocycles. The molecule has 1 amide bonds. The van der Waals surface area contributed by atoms with Crippen molar-refractivity contribution in [3.05, 3.63) is 23.8 Å². The second-order valence-electron chi connectivity index (χ2n) is 6.09. The predicted molar refractivity (Wildman–Crippen MR) is 78.0 cm³/mol. The lowest BCUT2D eigenvalue weighted by Gasteiger charge is -2.45. The van der Waals surface area contributed by atoms with Gasteiger partial charge in [-0.05, 0) is 49.9 Å². The van der Waals surface area contributed by atoms with E-state index in [-0.39, 0.29) is 17.4 Å². The number of esters is 1. The highest BCUT2D eigenvalue weighted by molar-refractivity contribution is 5.94. The lowest BCUT2D eigenvalue weighted by molar-refractivity contribution is -0.131. The minimum Gasteiger partial charge on any atom is -0.427 e. The lowest BCUT2D eigenvalue weighted by atomic mass is 9.80. The van der Waals surface area contributed by atoms with Crippen molar-refractivity contribution in [1.29, 1.82) is 0 Å². The minimum absolute atomic E-state index is 0.0309. The third-order valence-corrected chi connectivity index (χ3v) is 3.76. The van der Waals surface area contributed by atoms with Crippen LogP contribution in [0.5, 0.6) is 5.75 Å². The summed E-state index contributed by atoms with van der Waals surface area (Å²) in [5.74, 6) is 0.540. The molecule has 0 radical (unpaired) electrons. The van der Waals surface area contributed by atoms with Crippen LogP contribution in [0.2, 0.25) is 0 Å². The van der Waals surface area contributed by atoms with Gasteiger partial charge in [-0.2, -0.15) is 0 Å². The topological polar surface area (TPSA) is 46.6 Å². The summed E-state index contributed by atoms with van der Waals surface area (Å²) in [6, 6.07) is 5.48. The van der Waals surface area contributed by atoms with Crippen molar-refractivity contribution in [3.8, 4) is 5.75 Å². The fourth-order valence-corrected chi connectivity index (χ4v) is 3.23. The van der Waals surface area contributed by atoms with E-state index in [1.54, 1.807) is 13.0 Å². The summed E-state index contributed by atoms with van der Waals surface area (Å²) in [6.07, 6.45) is 0.878. The van der Waals surface area contributed by atoms with Gasteiger partial charge in [0.1, 0.15) is 5.75 Å². The number of carbonyl (C=O) groups is 2. The molecule has 20 heavy (non-hydrogen) atoms. The number of rotatable bonds is 1. The van der Waals surface area contributed by atoms with Crippen LogP contribution in [0.15, 0.2) is 18.2 Å². The lowest BCUT2D eigenvalue weighted by Crippen LogP contribution is -2.50. The molecule has 0 bridgehead atoms. The molecule has 0 saturated carbocycles. The van der Waals surface area contributed by atoms with Crippen LogP contribution < -0.4 is 9.64 Å². The molecule has 4 heteroatoms. The molecule has 0 saturated heterocycles. The van der Waals surface area contributed by atoms with Crippen molar-refractivity contribution in [3.63, 3.8) is 0 Å². The Balaban J connectivity index is 2.51. The highest BCUT2D eigenvalue weighted by Gasteiger charge is 2.38. The number of fused-ring (bicyclic) bond motifs is 1. The van der Waals surface area contributed by atoms with Gasteiger partial charge in [-0.25, -0.2) is 0 Å². The van der Waals surface area contributed by atoms with E-state index < -0.39 is 0 Å². The van der Waals surface area contributed by atoms with Gasteiger partial charge in [0, 0.05) is 25.1 Å². The Kier molecular flexibility index (Phi) is 3.59. The molecule has 0 aromatic heterocycles. The van der Waals surface area contributed by atoms with Crippen LogP contribution in [0.25, 0.3) is 0 Å². The highest BCUT2D eigenvalue weighted by Crippen LogP contribution is 2.44. The first-order valence-corrected chi connectivity index (χ1v) is 6.85. The first kappa shape index (κ1) is 14.6. The maximum Gasteiger partial charge on any atom is 0.308 e. The largest absolute Gasteiger partial charge is 0.427 e. The molecule has 0 fully saturated rings. The zero-order valence-electron chi connectivity index (χ0n) is 12.7. The Labute approximate surface area is 119 Å². The average molecular weight is 275 g/mol. The summed E-state index contributed by atoms with van der Waals surface area (Å²) in [7, 11) is 0. The number of amides is 1. The van der Waals surface area contributed by atoms with Gasteiger partial charge in [0.25, 0.3) is 0 Å². The summed E-state index contributed by atoms with van der Waals surface area (Å²) in [4.78, 5) is 24.9. The van der Waals surface area contributed by atoms with E-state index in [0.29, 0.717) is 11.7 Å². The molecule has 4 nitrogen and oxygen atoms in total. The Bertz CT molecular complexity index is 563. The molecule has 0 N–H and O–H groups in total. The molecule has 1 atom stereocenters. The van der Waals surface area contributed by atoms with E-state index in [4.69, 9.17) is 4.74 Å². The van der Waals surface area contributed by atoms with E-state index in [0.717, 1.165) is 17.7 Å². The number of hydrogen-bond donors (Lipinski definition) is 0. The van der Waals surface area contributed by atoms with Gasteiger partial charge in [-0.15, -0.1) is 0 Å². The zero-order valence-corrected chi connectivity index (χ0v) is 12.7. The van der Waals surface area contributed by atoms with Crippen LogP contribution in [-0.4, -0.2) is 17.4 Å². The van der Waals surface area contributed by atoms with Crippen LogP contribution in [0, 0.1) is 0 Å². The van der Waals surface area contributed by atoms with Crippen LogP contribution >= 0.6 is 0 Å². The molecule has 1 aromatic carbocycles. The van der Waals surface area contributed by atoms with Gasteiger partial charge in [0.05, 0.1) is 0 Å². The van der Waals surface area contributed by atoms with E-state index in [1.807, 2.05) is 17.0 Å². The van der Waals surface area contributed by atoms with E-state index in [1.165, 1.54) is 6.92 Å². The molecular formula is C16H21NO3. The molecule has 1 heterocycles. The van der Waals surface area contributed by atoms with E-state index in [2.05, 4.69) is 20.8 Å². The van der Waals surface area contributed by atoms with Crippen molar-refractivity contribution in [2.75, 3.05) is 4.90 Å². The Morgan fingerprint density at radius 2 is 1.95 bits per heavy atom. The fraction of sp³-hybridized carbons (Fsp3) is 0.500. The first-order chi connectivity index (χ1) is 9.22. The van der Waals surface area contributed by atoms with Crippen molar-refractivity contribution >= 4 is 17.6 Å². The molecule has 0 spiro atoms. The number of benzene rings is 1. The minimum atomic E-state index is -0.336. The third-order valence-electron chi connectivity index (χ3n) is 3.76. The van der Waals surface area contributed by atoms with E-state index >= 15 is 0 Å². The van der Waals surface area contributed by atoms with Gasteiger partial charge in [-0.3, -0.25) is 9.59 Å². The molecule has 0 aliphatic carbocycles. The fourth-order valence-electron chi connectivity index (χ4n) is 3.23. The quantitative estimate of drug-likeness (QED) is 0.584. The maximum absolute atomic E-state index is 12.0. The second-order valence-corrected chi connectivity index (χ2v) is 6.09. The monoisotopic (exact) mass is 275 g/mol. The first-order valence-electron chi connectivity index (χ1n) is 6.85. The number of anilines is 1.